The van der Waals surface area contributed by atoms with Gasteiger partial charge in [0.25, 0.3) is 5.91 Å². The van der Waals surface area contributed by atoms with Crippen molar-refractivity contribution < 1.29 is 4.79 Å². The molecule has 1 aromatic carbocycles. The molecule has 0 saturated heterocycles. The molecule has 0 saturated carbocycles. The summed E-state index contributed by atoms with van der Waals surface area (Å²) in [7, 11) is 0. The highest BCUT2D eigenvalue weighted by Crippen LogP contribution is 2.33. The minimum Gasteiger partial charge on any atom is -0.321 e. The third-order valence-electron chi connectivity index (χ3n) is 3.58. The van der Waals surface area contributed by atoms with Crippen LogP contribution in [0.1, 0.15) is 65.2 Å². The van der Waals surface area contributed by atoms with Crippen LogP contribution in [-0.4, -0.2) is 5.91 Å². The molecule has 0 aliphatic carbocycles. The summed E-state index contributed by atoms with van der Waals surface area (Å²) in [6.07, 6.45) is 0. The summed E-state index contributed by atoms with van der Waals surface area (Å²) in [4.78, 5) is 14.4. The van der Waals surface area contributed by atoms with Crippen molar-refractivity contribution in [2.45, 2.75) is 46.5 Å². The van der Waals surface area contributed by atoms with E-state index in [-0.39, 0.29) is 5.91 Å². The lowest BCUT2D eigenvalue weighted by atomic mass is 9.92. The maximum Gasteiger partial charge on any atom is 0.265 e. The number of aryl methyl sites for hydroxylation is 1. The van der Waals surface area contributed by atoms with Crippen LogP contribution in [0.25, 0.3) is 0 Å². The van der Waals surface area contributed by atoms with E-state index < -0.39 is 0 Å². The molecule has 2 rings (SSSR count). The quantitative estimate of drug-likeness (QED) is 0.787. The van der Waals surface area contributed by atoms with Gasteiger partial charge in [-0.15, -0.1) is 11.3 Å². The van der Waals surface area contributed by atoms with Gasteiger partial charge in [0.2, 0.25) is 0 Å². The molecule has 0 radical (unpaired) electrons. The molecule has 0 fully saturated rings. The van der Waals surface area contributed by atoms with Crippen LogP contribution in [0.4, 0.5) is 5.69 Å². The second-order valence-corrected chi connectivity index (χ2v) is 7.27. The molecule has 1 aromatic heterocycles. The SMILES string of the molecule is Cc1ccc(C(=O)Nc2c(C(C)C)cccc2C(C)C)s1. The lowest BCUT2D eigenvalue weighted by molar-refractivity contribution is 0.103. The number of thiophene rings is 1. The first-order chi connectivity index (χ1) is 9.90. The zero-order valence-corrected chi connectivity index (χ0v) is 14.2. The number of carbonyl (C=O) groups excluding carboxylic acids is 1. The summed E-state index contributed by atoms with van der Waals surface area (Å²) in [6, 6.07) is 10.2. The summed E-state index contributed by atoms with van der Waals surface area (Å²) < 4.78 is 0. The number of para-hydroxylation sites is 1. The standard InChI is InChI=1S/C18H23NOS/c1-11(2)14-7-6-8-15(12(3)4)17(14)19-18(20)16-10-9-13(5)21-16/h6-12H,1-5H3,(H,19,20). The Bertz CT molecular complexity index is 614. The lowest BCUT2D eigenvalue weighted by Crippen LogP contribution is -2.14. The van der Waals surface area contributed by atoms with Crippen molar-refractivity contribution in [2.75, 3.05) is 5.32 Å². The van der Waals surface area contributed by atoms with E-state index in [4.69, 9.17) is 0 Å². The molecule has 3 heteroatoms. The maximum absolute atomic E-state index is 12.5. The number of anilines is 1. The summed E-state index contributed by atoms with van der Waals surface area (Å²) in [5, 5.41) is 3.14. The number of hydrogen-bond donors (Lipinski definition) is 1. The van der Waals surface area contributed by atoms with Gasteiger partial charge in [0.15, 0.2) is 0 Å². The van der Waals surface area contributed by atoms with E-state index in [0.717, 1.165) is 15.4 Å². The summed E-state index contributed by atoms with van der Waals surface area (Å²) in [6.45, 7) is 10.6. The highest BCUT2D eigenvalue weighted by molar-refractivity contribution is 7.14. The molecule has 2 nitrogen and oxygen atoms in total. The van der Waals surface area contributed by atoms with Crippen molar-refractivity contribution in [3.8, 4) is 0 Å². The second-order valence-electron chi connectivity index (χ2n) is 5.99. The van der Waals surface area contributed by atoms with Crippen molar-refractivity contribution in [2.24, 2.45) is 0 Å². The van der Waals surface area contributed by atoms with E-state index in [1.54, 1.807) is 0 Å². The van der Waals surface area contributed by atoms with Crippen molar-refractivity contribution in [3.05, 3.63) is 51.2 Å². The number of carbonyl (C=O) groups is 1. The topological polar surface area (TPSA) is 29.1 Å². The van der Waals surface area contributed by atoms with Crippen molar-refractivity contribution in [1.29, 1.82) is 0 Å². The highest BCUT2D eigenvalue weighted by atomic mass is 32.1. The molecule has 0 atom stereocenters. The molecule has 112 valence electrons. The van der Waals surface area contributed by atoms with Gasteiger partial charge in [0, 0.05) is 10.6 Å². The Morgan fingerprint density at radius 2 is 1.57 bits per heavy atom. The third-order valence-corrected chi connectivity index (χ3v) is 4.58. The van der Waals surface area contributed by atoms with Gasteiger partial charge >= 0.3 is 0 Å². The van der Waals surface area contributed by atoms with Crippen molar-refractivity contribution >= 4 is 22.9 Å². The van der Waals surface area contributed by atoms with Crippen LogP contribution in [0.3, 0.4) is 0 Å². The number of nitrogens with one attached hydrogen (secondary N) is 1. The molecular weight excluding hydrogens is 278 g/mol. The monoisotopic (exact) mass is 301 g/mol. The minimum atomic E-state index is -0.0110. The maximum atomic E-state index is 12.5. The molecule has 1 N–H and O–H groups in total. The molecule has 0 aliphatic rings. The van der Waals surface area contributed by atoms with Gasteiger partial charge in [0.1, 0.15) is 0 Å². The summed E-state index contributed by atoms with van der Waals surface area (Å²) in [5.74, 6) is 0.747. The van der Waals surface area contributed by atoms with Crippen LogP contribution in [0.15, 0.2) is 30.3 Å². The number of rotatable bonds is 4. The predicted molar refractivity (Wildman–Crippen MR) is 91.6 cm³/mol. The largest absolute Gasteiger partial charge is 0.321 e. The lowest BCUT2D eigenvalue weighted by Gasteiger charge is -2.19. The van der Waals surface area contributed by atoms with E-state index in [2.05, 4.69) is 51.2 Å². The zero-order chi connectivity index (χ0) is 15.6. The van der Waals surface area contributed by atoms with E-state index in [9.17, 15) is 4.79 Å². The second kappa shape index (κ2) is 6.44. The molecule has 1 amide bonds. The fraction of sp³-hybridized carbons (Fsp3) is 0.389. The van der Waals surface area contributed by atoms with Gasteiger partial charge in [-0.3, -0.25) is 4.79 Å². The third kappa shape index (κ3) is 3.53. The van der Waals surface area contributed by atoms with Crippen LogP contribution in [-0.2, 0) is 0 Å². The molecule has 0 unspecified atom stereocenters. The minimum absolute atomic E-state index is 0.0110. The van der Waals surface area contributed by atoms with Crippen molar-refractivity contribution in [1.82, 2.24) is 0 Å². The van der Waals surface area contributed by atoms with Gasteiger partial charge in [-0.05, 0) is 42.0 Å². The van der Waals surface area contributed by atoms with Crippen LogP contribution in [0, 0.1) is 6.92 Å². The number of benzene rings is 1. The Morgan fingerprint density at radius 1 is 1.00 bits per heavy atom. The fourth-order valence-corrected chi connectivity index (χ4v) is 3.19. The molecule has 0 aliphatic heterocycles. The molecule has 1 heterocycles. The van der Waals surface area contributed by atoms with Crippen LogP contribution >= 0.6 is 11.3 Å². The Labute approximate surface area is 131 Å². The molecule has 21 heavy (non-hydrogen) atoms. The number of amides is 1. The Morgan fingerprint density at radius 3 is 2.00 bits per heavy atom. The van der Waals surface area contributed by atoms with Crippen molar-refractivity contribution in [3.63, 3.8) is 0 Å². The van der Waals surface area contributed by atoms with E-state index >= 15 is 0 Å². The van der Waals surface area contributed by atoms with Gasteiger partial charge in [0.05, 0.1) is 4.88 Å². The highest BCUT2D eigenvalue weighted by Gasteiger charge is 2.17. The van der Waals surface area contributed by atoms with Gasteiger partial charge in [-0.1, -0.05) is 45.9 Å². The molecular formula is C18H23NOS. The average Bonchev–Trinajstić information content (AvgIpc) is 2.85. The first-order valence-electron chi connectivity index (χ1n) is 7.40. The van der Waals surface area contributed by atoms with E-state index in [0.29, 0.717) is 11.8 Å². The predicted octanol–water partition coefficient (Wildman–Crippen LogP) is 5.56. The normalized spacial score (nSPS) is 11.2. The average molecular weight is 301 g/mol. The summed E-state index contributed by atoms with van der Waals surface area (Å²) in [5.41, 5.74) is 3.38. The fourth-order valence-electron chi connectivity index (χ4n) is 2.43. The van der Waals surface area contributed by atoms with E-state index in [1.807, 2.05) is 19.1 Å². The first kappa shape index (κ1) is 15.8. The Hall–Kier alpha value is -1.61. The van der Waals surface area contributed by atoms with Gasteiger partial charge in [-0.25, -0.2) is 0 Å². The van der Waals surface area contributed by atoms with Crippen LogP contribution in [0.2, 0.25) is 0 Å². The first-order valence-corrected chi connectivity index (χ1v) is 8.22. The van der Waals surface area contributed by atoms with Gasteiger partial charge < -0.3 is 5.32 Å². The smallest absolute Gasteiger partial charge is 0.265 e. The molecule has 2 aromatic rings. The zero-order valence-electron chi connectivity index (χ0n) is 13.4. The van der Waals surface area contributed by atoms with E-state index in [1.165, 1.54) is 22.5 Å². The Kier molecular flexibility index (Phi) is 4.84. The summed E-state index contributed by atoms with van der Waals surface area (Å²) >= 11 is 1.53. The number of hydrogen-bond acceptors (Lipinski definition) is 2. The molecule has 0 spiro atoms. The van der Waals surface area contributed by atoms with Crippen LogP contribution < -0.4 is 5.32 Å². The Balaban J connectivity index is 2.39. The van der Waals surface area contributed by atoms with Gasteiger partial charge in [-0.2, -0.15) is 0 Å². The molecule has 0 bridgehead atoms. The van der Waals surface area contributed by atoms with Crippen LogP contribution in [0.5, 0.6) is 0 Å².